The first-order valence-electron chi connectivity index (χ1n) is 11.0. The summed E-state index contributed by atoms with van der Waals surface area (Å²) in [5.41, 5.74) is 2.05. The number of para-hydroxylation sites is 1. The summed E-state index contributed by atoms with van der Waals surface area (Å²) in [6.45, 7) is 0.381. The minimum Gasteiger partial charge on any atom is -0.490 e. The van der Waals surface area contributed by atoms with Gasteiger partial charge in [-0.3, -0.25) is 4.79 Å². The number of esters is 2. The van der Waals surface area contributed by atoms with Gasteiger partial charge in [0.05, 0.1) is 5.56 Å². The molecule has 0 aliphatic carbocycles. The molecule has 0 spiro atoms. The summed E-state index contributed by atoms with van der Waals surface area (Å²) < 4.78 is 16.4. The van der Waals surface area contributed by atoms with Crippen LogP contribution in [-0.4, -0.2) is 25.2 Å². The fourth-order valence-electron chi connectivity index (χ4n) is 3.48. The predicted octanol–water partition coefficient (Wildman–Crippen LogP) is 5.66. The molecule has 5 nitrogen and oxygen atoms in total. The maximum atomic E-state index is 13.1. The normalized spacial score (nSPS) is 10.5. The number of hydrogen-bond acceptors (Lipinski definition) is 5. The maximum Gasteiger partial charge on any atom is 0.338 e. The molecule has 34 heavy (non-hydrogen) atoms. The minimum atomic E-state index is -0.559. The van der Waals surface area contributed by atoms with Gasteiger partial charge in [0, 0.05) is 0 Å². The summed E-state index contributed by atoms with van der Waals surface area (Å²) in [5.74, 6) is -0.358. The van der Waals surface area contributed by atoms with Crippen molar-refractivity contribution in [2.45, 2.75) is 5.92 Å². The molecule has 0 saturated carbocycles. The molecule has 5 heteroatoms. The van der Waals surface area contributed by atoms with Crippen molar-refractivity contribution >= 4 is 11.9 Å². The molecule has 4 aromatic rings. The first kappa shape index (κ1) is 22.8. The lowest BCUT2D eigenvalue weighted by Crippen LogP contribution is -2.20. The van der Waals surface area contributed by atoms with E-state index in [0.29, 0.717) is 17.1 Å². The van der Waals surface area contributed by atoms with Crippen LogP contribution in [0.5, 0.6) is 11.5 Å². The van der Waals surface area contributed by atoms with Crippen molar-refractivity contribution in [3.63, 3.8) is 0 Å². The van der Waals surface area contributed by atoms with Gasteiger partial charge in [0.25, 0.3) is 0 Å². The summed E-state index contributed by atoms with van der Waals surface area (Å²) in [7, 11) is 0. The Bertz CT molecular complexity index is 1150. The Kier molecular flexibility index (Phi) is 7.70. The highest BCUT2D eigenvalue weighted by atomic mass is 16.6. The largest absolute Gasteiger partial charge is 0.490 e. The van der Waals surface area contributed by atoms with E-state index in [4.69, 9.17) is 14.2 Å². The zero-order valence-electron chi connectivity index (χ0n) is 18.5. The van der Waals surface area contributed by atoms with Crippen molar-refractivity contribution in [1.82, 2.24) is 0 Å². The molecular formula is C29H24O5. The SMILES string of the molecule is O=C(OCCOc1ccccc1)c1ccc(OC(=O)C(c2ccccc2)c2ccccc2)cc1. The van der Waals surface area contributed by atoms with E-state index < -0.39 is 17.9 Å². The Morgan fingerprint density at radius 3 is 1.68 bits per heavy atom. The van der Waals surface area contributed by atoms with Crippen LogP contribution in [0, 0.1) is 0 Å². The molecule has 170 valence electrons. The Labute approximate surface area is 198 Å². The zero-order valence-corrected chi connectivity index (χ0v) is 18.5. The van der Waals surface area contributed by atoms with Crippen LogP contribution in [0.2, 0.25) is 0 Å². The number of hydrogen-bond donors (Lipinski definition) is 0. The quantitative estimate of drug-likeness (QED) is 0.186. The van der Waals surface area contributed by atoms with Crippen molar-refractivity contribution in [2.75, 3.05) is 13.2 Å². The lowest BCUT2D eigenvalue weighted by Gasteiger charge is -2.17. The molecule has 4 rings (SSSR count). The van der Waals surface area contributed by atoms with Gasteiger partial charge < -0.3 is 14.2 Å². The lowest BCUT2D eigenvalue weighted by atomic mass is 9.91. The summed E-state index contributed by atoms with van der Waals surface area (Å²) in [4.78, 5) is 25.4. The van der Waals surface area contributed by atoms with E-state index in [1.165, 1.54) is 0 Å². The van der Waals surface area contributed by atoms with Crippen LogP contribution in [0.15, 0.2) is 115 Å². The Morgan fingerprint density at radius 1 is 0.588 bits per heavy atom. The Balaban J connectivity index is 1.35. The molecule has 0 fully saturated rings. The average Bonchev–Trinajstić information content (AvgIpc) is 2.89. The van der Waals surface area contributed by atoms with Crippen LogP contribution >= 0.6 is 0 Å². The van der Waals surface area contributed by atoms with Crippen molar-refractivity contribution in [3.8, 4) is 11.5 Å². The fourth-order valence-corrected chi connectivity index (χ4v) is 3.48. The van der Waals surface area contributed by atoms with Crippen LogP contribution in [0.1, 0.15) is 27.4 Å². The lowest BCUT2D eigenvalue weighted by molar-refractivity contribution is -0.135. The minimum absolute atomic E-state index is 0.125. The highest BCUT2D eigenvalue weighted by Gasteiger charge is 2.24. The van der Waals surface area contributed by atoms with Crippen LogP contribution in [0.3, 0.4) is 0 Å². The first-order valence-corrected chi connectivity index (χ1v) is 11.0. The number of rotatable bonds is 9. The highest BCUT2D eigenvalue weighted by molar-refractivity contribution is 5.90. The summed E-state index contributed by atoms with van der Waals surface area (Å²) in [6.07, 6.45) is 0. The monoisotopic (exact) mass is 452 g/mol. The van der Waals surface area contributed by atoms with E-state index in [-0.39, 0.29) is 13.2 Å². The molecule has 0 aromatic heterocycles. The number of ether oxygens (including phenoxy) is 3. The van der Waals surface area contributed by atoms with Gasteiger partial charge in [0.15, 0.2) is 0 Å². The van der Waals surface area contributed by atoms with E-state index in [1.54, 1.807) is 24.3 Å². The third-order valence-corrected chi connectivity index (χ3v) is 5.14. The molecule has 0 bridgehead atoms. The van der Waals surface area contributed by atoms with Crippen molar-refractivity contribution in [3.05, 3.63) is 132 Å². The second-order valence-corrected chi connectivity index (χ2v) is 7.50. The smallest absolute Gasteiger partial charge is 0.338 e. The highest BCUT2D eigenvalue weighted by Crippen LogP contribution is 2.27. The third kappa shape index (κ3) is 6.11. The molecule has 0 radical (unpaired) electrons. The molecule has 0 saturated heterocycles. The molecule has 0 aliphatic heterocycles. The summed E-state index contributed by atoms with van der Waals surface area (Å²) in [5, 5.41) is 0. The molecule has 0 heterocycles. The van der Waals surface area contributed by atoms with E-state index in [2.05, 4.69) is 0 Å². The van der Waals surface area contributed by atoms with Crippen molar-refractivity contribution < 1.29 is 23.8 Å². The van der Waals surface area contributed by atoms with Crippen LogP contribution in [0.25, 0.3) is 0 Å². The molecular weight excluding hydrogens is 428 g/mol. The fraction of sp³-hybridized carbons (Fsp3) is 0.103. The van der Waals surface area contributed by atoms with Gasteiger partial charge >= 0.3 is 11.9 Å². The standard InChI is InChI=1S/C29H24O5/c30-28(33-21-20-32-25-14-8-3-9-15-25)24-16-18-26(19-17-24)34-29(31)27(22-10-4-1-5-11-22)23-12-6-2-7-13-23/h1-19,27H,20-21H2. The van der Waals surface area contributed by atoms with Crippen molar-refractivity contribution in [1.29, 1.82) is 0 Å². The van der Waals surface area contributed by atoms with Gasteiger partial charge in [-0.1, -0.05) is 78.9 Å². The van der Waals surface area contributed by atoms with E-state index in [1.807, 2.05) is 91.0 Å². The molecule has 0 amide bonds. The van der Waals surface area contributed by atoms with E-state index >= 15 is 0 Å². The van der Waals surface area contributed by atoms with Gasteiger partial charge in [-0.05, 0) is 47.5 Å². The molecule has 0 unspecified atom stereocenters. The van der Waals surface area contributed by atoms with Gasteiger partial charge in [-0.15, -0.1) is 0 Å². The number of benzene rings is 4. The van der Waals surface area contributed by atoms with Crippen LogP contribution in [0.4, 0.5) is 0 Å². The zero-order chi connectivity index (χ0) is 23.6. The molecule has 0 N–H and O–H groups in total. The summed E-state index contributed by atoms with van der Waals surface area (Å²) in [6, 6.07) is 34.6. The van der Waals surface area contributed by atoms with Gasteiger partial charge in [0.2, 0.25) is 0 Å². The Hall–Kier alpha value is -4.38. The second-order valence-electron chi connectivity index (χ2n) is 7.50. The third-order valence-electron chi connectivity index (χ3n) is 5.14. The van der Waals surface area contributed by atoms with Gasteiger partial charge in [0.1, 0.15) is 30.6 Å². The molecule has 4 aromatic carbocycles. The molecule has 0 atom stereocenters. The van der Waals surface area contributed by atoms with Gasteiger partial charge in [-0.2, -0.15) is 0 Å². The maximum absolute atomic E-state index is 13.1. The second kappa shape index (κ2) is 11.5. The summed E-state index contributed by atoms with van der Waals surface area (Å²) >= 11 is 0. The Morgan fingerprint density at radius 2 is 1.12 bits per heavy atom. The average molecular weight is 453 g/mol. The predicted molar refractivity (Wildman–Crippen MR) is 129 cm³/mol. The molecule has 0 aliphatic rings. The topological polar surface area (TPSA) is 61.8 Å². The van der Waals surface area contributed by atoms with Crippen LogP contribution < -0.4 is 9.47 Å². The van der Waals surface area contributed by atoms with E-state index in [9.17, 15) is 9.59 Å². The number of carbonyl (C=O) groups excluding carboxylic acids is 2. The van der Waals surface area contributed by atoms with Crippen molar-refractivity contribution in [2.24, 2.45) is 0 Å². The van der Waals surface area contributed by atoms with Crippen LogP contribution in [-0.2, 0) is 9.53 Å². The van der Waals surface area contributed by atoms with Gasteiger partial charge in [-0.25, -0.2) is 4.79 Å². The first-order chi connectivity index (χ1) is 16.7. The van der Waals surface area contributed by atoms with E-state index in [0.717, 1.165) is 11.1 Å². The number of carbonyl (C=O) groups is 2.